The fourth-order valence-corrected chi connectivity index (χ4v) is 2.32. The van der Waals surface area contributed by atoms with Crippen molar-refractivity contribution in [3.05, 3.63) is 17.5 Å². The number of nitrogens with zero attached hydrogens (tertiary/aromatic N) is 3. The fraction of sp³-hybridized carbons (Fsp3) is 0.636. The summed E-state index contributed by atoms with van der Waals surface area (Å²) in [6.07, 6.45) is 1.72. The molecule has 1 aliphatic rings. The van der Waals surface area contributed by atoms with Crippen LogP contribution in [0.1, 0.15) is 24.2 Å². The molecule has 0 aromatic carbocycles. The second-order valence-electron chi connectivity index (χ2n) is 4.37. The summed E-state index contributed by atoms with van der Waals surface area (Å²) < 4.78 is 1.83. The van der Waals surface area contributed by atoms with E-state index in [4.69, 9.17) is 5.11 Å². The molecule has 5 nitrogen and oxygen atoms in total. The van der Waals surface area contributed by atoms with E-state index >= 15 is 0 Å². The quantitative estimate of drug-likeness (QED) is 0.822. The van der Waals surface area contributed by atoms with E-state index < -0.39 is 5.97 Å². The largest absolute Gasteiger partial charge is 0.480 e. The van der Waals surface area contributed by atoms with Crippen molar-refractivity contribution in [1.29, 1.82) is 0 Å². The molecule has 1 unspecified atom stereocenters. The Kier molecular flexibility index (Phi) is 2.96. The van der Waals surface area contributed by atoms with Crippen molar-refractivity contribution in [1.82, 2.24) is 14.7 Å². The zero-order valence-electron chi connectivity index (χ0n) is 9.68. The molecule has 1 N–H and O–H groups in total. The van der Waals surface area contributed by atoms with E-state index in [0.29, 0.717) is 6.54 Å². The van der Waals surface area contributed by atoms with Crippen molar-refractivity contribution in [2.45, 2.75) is 32.4 Å². The summed E-state index contributed by atoms with van der Waals surface area (Å²) in [7, 11) is 1.90. The predicted octanol–water partition coefficient (Wildman–Crippen LogP) is 0.778. The highest BCUT2D eigenvalue weighted by molar-refractivity contribution is 5.73. The second kappa shape index (κ2) is 4.25. The number of hydrogen-bond donors (Lipinski definition) is 1. The molecule has 1 aliphatic heterocycles. The van der Waals surface area contributed by atoms with Crippen LogP contribution in [0.4, 0.5) is 0 Å². The van der Waals surface area contributed by atoms with E-state index in [0.717, 1.165) is 30.8 Å². The van der Waals surface area contributed by atoms with Crippen molar-refractivity contribution in [2.24, 2.45) is 7.05 Å². The highest BCUT2D eigenvalue weighted by Gasteiger charge is 2.30. The number of hydrogen-bond acceptors (Lipinski definition) is 3. The average molecular weight is 223 g/mol. The third-order valence-electron chi connectivity index (χ3n) is 3.11. The lowest BCUT2D eigenvalue weighted by Crippen LogP contribution is -2.35. The van der Waals surface area contributed by atoms with Crippen LogP contribution in [0.15, 0.2) is 6.07 Å². The van der Waals surface area contributed by atoms with Crippen LogP contribution in [-0.4, -0.2) is 38.3 Å². The third kappa shape index (κ3) is 2.09. The maximum Gasteiger partial charge on any atom is 0.320 e. The number of carbonyl (C=O) groups is 1. The molecule has 1 aromatic rings. The molecule has 0 bridgehead atoms. The molecule has 1 aromatic heterocycles. The minimum atomic E-state index is -0.712. The molecule has 0 radical (unpaired) electrons. The van der Waals surface area contributed by atoms with E-state index in [1.54, 1.807) is 0 Å². The van der Waals surface area contributed by atoms with Crippen LogP contribution in [0.2, 0.25) is 0 Å². The van der Waals surface area contributed by atoms with Gasteiger partial charge in [0.15, 0.2) is 0 Å². The standard InChI is InChI=1S/C11H17N3O2/c1-8-6-9(13(2)12-8)7-14-5-3-4-10(14)11(15)16/h6,10H,3-5,7H2,1-2H3,(H,15,16). The number of rotatable bonds is 3. The van der Waals surface area contributed by atoms with Crippen LogP contribution in [0.3, 0.4) is 0 Å². The SMILES string of the molecule is Cc1cc(CN2CCCC2C(=O)O)n(C)n1. The first-order valence-corrected chi connectivity index (χ1v) is 5.54. The van der Waals surface area contributed by atoms with E-state index in [-0.39, 0.29) is 6.04 Å². The van der Waals surface area contributed by atoms with Crippen LogP contribution in [0, 0.1) is 6.92 Å². The number of carboxylic acids is 1. The van der Waals surface area contributed by atoms with Crippen LogP contribution < -0.4 is 0 Å². The normalized spacial score (nSPS) is 21.5. The number of carboxylic acid groups (broad SMARTS) is 1. The zero-order valence-corrected chi connectivity index (χ0v) is 9.68. The van der Waals surface area contributed by atoms with Crippen molar-refractivity contribution < 1.29 is 9.90 Å². The summed E-state index contributed by atoms with van der Waals surface area (Å²) >= 11 is 0. The predicted molar refractivity (Wildman–Crippen MR) is 59.0 cm³/mol. The van der Waals surface area contributed by atoms with Gasteiger partial charge in [-0.25, -0.2) is 0 Å². The maximum atomic E-state index is 11.0. The zero-order chi connectivity index (χ0) is 11.7. The number of aliphatic carboxylic acids is 1. The monoisotopic (exact) mass is 223 g/mol. The van der Waals surface area contributed by atoms with Gasteiger partial charge in [0, 0.05) is 13.6 Å². The number of likely N-dealkylation sites (tertiary alicyclic amines) is 1. The van der Waals surface area contributed by atoms with Crippen molar-refractivity contribution >= 4 is 5.97 Å². The topological polar surface area (TPSA) is 58.4 Å². The molecular formula is C11H17N3O2. The van der Waals surface area contributed by atoms with E-state index in [2.05, 4.69) is 5.10 Å². The van der Waals surface area contributed by atoms with Gasteiger partial charge in [-0.2, -0.15) is 5.10 Å². The molecule has 5 heteroatoms. The molecular weight excluding hydrogens is 206 g/mol. The van der Waals surface area contributed by atoms with Gasteiger partial charge in [-0.3, -0.25) is 14.4 Å². The Morgan fingerprint density at radius 1 is 1.69 bits per heavy atom. The van der Waals surface area contributed by atoms with Gasteiger partial charge in [-0.1, -0.05) is 0 Å². The Morgan fingerprint density at radius 3 is 3.00 bits per heavy atom. The molecule has 1 atom stereocenters. The summed E-state index contributed by atoms with van der Waals surface area (Å²) in [6.45, 7) is 3.48. The summed E-state index contributed by atoms with van der Waals surface area (Å²) in [5.74, 6) is -0.712. The van der Waals surface area contributed by atoms with Crippen LogP contribution >= 0.6 is 0 Å². The lowest BCUT2D eigenvalue weighted by molar-refractivity contribution is -0.142. The molecule has 16 heavy (non-hydrogen) atoms. The number of aromatic nitrogens is 2. The third-order valence-corrected chi connectivity index (χ3v) is 3.11. The lowest BCUT2D eigenvalue weighted by atomic mass is 10.2. The Bertz CT molecular complexity index is 400. The van der Waals surface area contributed by atoms with Gasteiger partial charge >= 0.3 is 5.97 Å². The number of aryl methyl sites for hydroxylation is 2. The van der Waals surface area contributed by atoms with Gasteiger partial charge in [0.2, 0.25) is 0 Å². The first-order chi connectivity index (χ1) is 7.58. The summed E-state index contributed by atoms with van der Waals surface area (Å²) in [5.41, 5.74) is 2.05. The average Bonchev–Trinajstić information content (AvgIpc) is 2.75. The fourth-order valence-electron chi connectivity index (χ4n) is 2.32. The molecule has 1 saturated heterocycles. The highest BCUT2D eigenvalue weighted by Crippen LogP contribution is 2.20. The van der Waals surface area contributed by atoms with E-state index in [1.165, 1.54) is 0 Å². The molecule has 88 valence electrons. The van der Waals surface area contributed by atoms with Gasteiger partial charge in [-0.15, -0.1) is 0 Å². The molecule has 0 spiro atoms. The first kappa shape index (κ1) is 11.1. The maximum absolute atomic E-state index is 11.0. The first-order valence-electron chi connectivity index (χ1n) is 5.54. The van der Waals surface area contributed by atoms with E-state index in [1.807, 2.05) is 29.6 Å². The Labute approximate surface area is 94.7 Å². The van der Waals surface area contributed by atoms with Gasteiger partial charge in [0.25, 0.3) is 0 Å². The molecule has 0 aliphatic carbocycles. The Balaban J connectivity index is 2.09. The summed E-state index contributed by atoms with van der Waals surface area (Å²) in [4.78, 5) is 13.0. The smallest absolute Gasteiger partial charge is 0.320 e. The lowest BCUT2D eigenvalue weighted by Gasteiger charge is -2.20. The van der Waals surface area contributed by atoms with Crippen LogP contribution in [0.5, 0.6) is 0 Å². The van der Waals surface area contributed by atoms with E-state index in [9.17, 15) is 4.79 Å². The minimum absolute atomic E-state index is 0.324. The van der Waals surface area contributed by atoms with Gasteiger partial charge in [0.05, 0.1) is 11.4 Å². The molecule has 0 amide bonds. The Morgan fingerprint density at radius 2 is 2.44 bits per heavy atom. The van der Waals surface area contributed by atoms with Crippen molar-refractivity contribution in [3.8, 4) is 0 Å². The molecule has 0 saturated carbocycles. The van der Waals surface area contributed by atoms with Gasteiger partial charge in [0.1, 0.15) is 6.04 Å². The van der Waals surface area contributed by atoms with Crippen molar-refractivity contribution in [2.75, 3.05) is 6.54 Å². The van der Waals surface area contributed by atoms with Crippen molar-refractivity contribution in [3.63, 3.8) is 0 Å². The van der Waals surface area contributed by atoms with Gasteiger partial charge in [-0.05, 0) is 32.4 Å². The summed E-state index contributed by atoms with van der Waals surface area (Å²) in [5, 5.41) is 13.3. The molecule has 1 fully saturated rings. The van der Waals surface area contributed by atoms with Crippen LogP contribution in [-0.2, 0) is 18.4 Å². The second-order valence-corrected chi connectivity index (χ2v) is 4.37. The van der Waals surface area contributed by atoms with Crippen LogP contribution in [0.25, 0.3) is 0 Å². The molecule has 2 rings (SSSR count). The minimum Gasteiger partial charge on any atom is -0.480 e. The van der Waals surface area contributed by atoms with Gasteiger partial charge < -0.3 is 5.11 Å². The Hall–Kier alpha value is -1.36. The molecule has 2 heterocycles. The summed E-state index contributed by atoms with van der Waals surface area (Å²) in [6, 6.07) is 1.69. The highest BCUT2D eigenvalue weighted by atomic mass is 16.4.